The van der Waals surface area contributed by atoms with Gasteiger partial charge in [0.05, 0.1) is 0 Å². The number of benzene rings is 1. The number of fused-ring (bicyclic) bond motifs is 2. The normalized spacial score (nSPS) is 26.0. The predicted octanol–water partition coefficient (Wildman–Crippen LogP) is 3.05. The van der Waals surface area contributed by atoms with Crippen molar-refractivity contribution < 1.29 is 0 Å². The van der Waals surface area contributed by atoms with Crippen molar-refractivity contribution in [1.29, 1.82) is 0 Å². The number of hydrogen-bond acceptors (Lipinski definition) is 3. The van der Waals surface area contributed by atoms with Crippen LogP contribution >= 0.6 is 0 Å². The van der Waals surface area contributed by atoms with Crippen molar-refractivity contribution in [3.63, 3.8) is 0 Å². The number of nitrogens with two attached hydrogens (primary N) is 1. The van der Waals surface area contributed by atoms with Crippen molar-refractivity contribution in [3.05, 3.63) is 30.6 Å². The molecule has 2 N–H and O–H groups in total. The maximum absolute atomic E-state index is 6.06. The summed E-state index contributed by atoms with van der Waals surface area (Å²) >= 11 is 0. The fraction of sp³-hybridized carbons (Fsp3) is 0.438. The molecule has 1 saturated heterocycles. The molecule has 2 aliphatic rings. The van der Waals surface area contributed by atoms with Crippen LogP contribution in [-0.2, 0) is 0 Å². The molecule has 0 radical (unpaired) electrons. The Morgan fingerprint density at radius 2 is 1.84 bits per heavy atom. The highest BCUT2D eigenvalue weighted by molar-refractivity contribution is 6.00. The number of aromatic nitrogens is 1. The standard InChI is InChI=1S/C16H19N3/c17-15-4-5-16(13-6-7-18-8-14(13)15)19-9-11-2-1-3-12(11)10-19/h4-8,11-12H,1-3,9-10,17H2. The molecular formula is C16H19N3. The summed E-state index contributed by atoms with van der Waals surface area (Å²) in [7, 11) is 0. The molecule has 2 fully saturated rings. The maximum atomic E-state index is 6.06. The van der Waals surface area contributed by atoms with Crippen LogP contribution in [0.1, 0.15) is 19.3 Å². The van der Waals surface area contributed by atoms with Crippen molar-refractivity contribution in [1.82, 2.24) is 4.98 Å². The average molecular weight is 253 g/mol. The van der Waals surface area contributed by atoms with Crippen LogP contribution in [0, 0.1) is 11.8 Å². The van der Waals surface area contributed by atoms with Crippen LogP contribution in [0.4, 0.5) is 11.4 Å². The van der Waals surface area contributed by atoms with Crippen LogP contribution < -0.4 is 10.6 Å². The summed E-state index contributed by atoms with van der Waals surface area (Å²) in [5.41, 5.74) is 8.22. The van der Waals surface area contributed by atoms with Crippen LogP contribution in [0.3, 0.4) is 0 Å². The minimum atomic E-state index is 0.825. The Hall–Kier alpha value is -1.77. The van der Waals surface area contributed by atoms with E-state index >= 15 is 0 Å². The van der Waals surface area contributed by atoms with Crippen LogP contribution in [0.15, 0.2) is 30.6 Å². The third kappa shape index (κ3) is 1.68. The van der Waals surface area contributed by atoms with E-state index in [9.17, 15) is 0 Å². The first-order valence-electron chi connectivity index (χ1n) is 7.20. The van der Waals surface area contributed by atoms with E-state index in [1.54, 1.807) is 0 Å². The van der Waals surface area contributed by atoms with Crippen molar-refractivity contribution in [2.45, 2.75) is 19.3 Å². The van der Waals surface area contributed by atoms with E-state index in [2.05, 4.69) is 22.0 Å². The van der Waals surface area contributed by atoms with Crippen LogP contribution in [0.25, 0.3) is 10.8 Å². The number of nitrogen functional groups attached to an aromatic ring is 1. The molecular weight excluding hydrogens is 234 g/mol. The van der Waals surface area contributed by atoms with Gasteiger partial charge in [-0.1, -0.05) is 6.42 Å². The van der Waals surface area contributed by atoms with Gasteiger partial charge in [-0.25, -0.2) is 0 Å². The topological polar surface area (TPSA) is 42.1 Å². The molecule has 3 heteroatoms. The third-order valence-electron chi connectivity index (χ3n) is 4.90. The largest absolute Gasteiger partial charge is 0.398 e. The number of anilines is 2. The first-order chi connectivity index (χ1) is 9.33. The Labute approximate surface area is 113 Å². The van der Waals surface area contributed by atoms with E-state index in [-0.39, 0.29) is 0 Å². The summed E-state index contributed by atoms with van der Waals surface area (Å²) < 4.78 is 0. The number of rotatable bonds is 1. The SMILES string of the molecule is Nc1ccc(N2CC3CCCC3C2)c2ccncc12. The lowest BCUT2D eigenvalue weighted by Crippen LogP contribution is -2.21. The van der Waals surface area contributed by atoms with Crippen molar-refractivity contribution in [3.8, 4) is 0 Å². The molecule has 2 heterocycles. The Morgan fingerprint density at radius 3 is 2.63 bits per heavy atom. The zero-order valence-corrected chi connectivity index (χ0v) is 11.0. The van der Waals surface area contributed by atoms with Gasteiger partial charge < -0.3 is 10.6 Å². The molecule has 0 spiro atoms. The summed E-state index contributed by atoms with van der Waals surface area (Å²) in [4.78, 5) is 6.75. The summed E-state index contributed by atoms with van der Waals surface area (Å²) in [6, 6.07) is 6.29. The van der Waals surface area contributed by atoms with Gasteiger partial charge in [0.25, 0.3) is 0 Å². The number of hydrogen-bond donors (Lipinski definition) is 1. The third-order valence-corrected chi connectivity index (χ3v) is 4.90. The molecule has 2 unspecified atom stereocenters. The molecule has 1 aromatic heterocycles. The Kier molecular flexibility index (Phi) is 2.40. The molecule has 3 nitrogen and oxygen atoms in total. The summed E-state index contributed by atoms with van der Waals surface area (Å²) in [5, 5.41) is 2.33. The van der Waals surface area contributed by atoms with E-state index in [4.69, 9.17) is 5.73 Å². The van der Waals surface area contributed by atoms with Gasteiger partial charge >= 0.3 is 0 Å². The minimum Gasteiger partial charge on any atom is -0.398 e. The minimum absolute atomic E-state index is 0.825. The van der Waals surface area contributed by atoms with Crippen molar-refractivity contribution in [2.75, 3.05) is 23.7 Å². The van der Waals surface area contributed by atoms with E-state index < -0.39 is 0 Å². The summed E-state index contributed by atoms with van der Waals surface area (Å²) in [5.74, 6) is 1.82. The zero-order chi connectivity index (χ0) is 12.8. The fourth-order valence-electron chi connectivity index (χ4n) is 3.90. The van der Waals surface area contributed by atoms with Crippen molar-refractivity contribution >= 4 is 22.1 Å². The van der Waals surface area contributed by atoms with E-state index in [1.165, 1.54) is 43.4 Å². The number of nitrogens with zero attached hydrogens (tertiary/aromatic N) is 2. The van der Waals surface area contributed by atoms with Gasteiger partial charge in [0, 0.05) is 47.6 Å². The molecule has 4 rings (SSSR count). The molecule has 1 saturated carbocycles. The quantitative estimate of drug-likeness (QED) is 0.794. The first kappa shape index (κ1) is 11.1. The van der Waals surface area contributed by atoms with E-state index in [0.717, 1.165) is 22.9 Å². The first-order valence-corrected chi connectivity index (χ1v) is 7.20. The molecule has 1 aliphatic heterocycles. The molecule has 0 bridgehead atoms. The second-order valence-electron chi connectivity index (χ2n) is 5.95. The maximum Gasteiger partial charge on any atom is 0.0448 e. The van der Waals surface area contributed by atoms with Gasteiger partial charge in [-0.15, -0.1) is 0 Å². The molecule has 2 aromatic rings. The lowest BCUT2D eigenvalue weighted by Gasteiger charge is -2.22. The summed E-state index contributed by atoms with van der Waals surface area (Å²) in [6.45, 7) is 2.43. The Morgan fingerprint density at radius 1 is 1.05 bits per heavy atom. The van der Waals surface area contributed by atoms with Gasteiger partial charge in [-0.3, -0.25) is 4.98 Å². The van der Waals surface area contributed by atoms with Gasteiger partial charge in [0.1, 0.15) is 0 Å². The van der Waals surface area contributed by atoms with E-state index in [1.807, 2.05) is 18.5 Å². The lowest BCUT2D eigenvalue weighted by atomic mass is 10.0. The smallest absolute Gasteiger partial charge is 0.0448 e. The second-order valence-corrected chi connectivity index (χ2v) is 5.95. The molecule has 19 heavy (non-hydrogen) atoms. The lowest BCUT2D eigenvalue weighted by molar-refractivity contribution is 0.494. The van der Waals surface area contributed by atoms with Gasteiger partial charge in [0.15, 0.2) is 0 Å². The van der Waals surface area contributed by atoms with Crippen LogP contribution in [-0.4, -0.2) is 18.1 Å². The molecule has 2 atom stereocenters. The average Bonchev–Trinajstić information content (AvgIpc) is 3.00. The monoisotopic (exact) mass is 253 g/mol. The highest BCUT2D eigenvalue weighted by Crippen LogP contribution is 2.41. The molecule has 98 valence electrons. The predicted molar refractivity (Wildman–Crippen MR) is 79.2 cm³/mol. The van der Waals surface area contributed by atoms with Gasteiger partial charge in [-0.05, 0) is 42.9 Å². The Balaban J connectivity index is 1.78. The molecule has 1 aliphatic carbocycles. The fourth-order valence-corrected chi connectivity index (χ4v) is 3.90. The van der Waals surface area contributed by atoms with Gasteiger partial charge in [-0.2, -0.15) is 0 Å². The van der Waals surface area contributed by atoms with Gasteiger partial charge in [0.2, 0.25) is 0 Å². The molecule has 0 amide bonds. The highest BCUT2D eigenvalue weighted by atomic mass is 15.2. The van der Waals surface area contributed by atoms with Crippen LogP contribution in [0.5, 0.6) is 0 Å². The zero-order valence-electron chi connectivity index (χ0n) is 11.0. The van der Waals surface area contributed by atoms with Crippen molar-refractivity contribution in [2.24, 2.45) is 11.8 Å². The second kappa shape index (κ2) is 4.12. The molecule has 1 aromatic carbocycles. The summed E-state index contributed by atoms with van der Waals surface area (Å²) in [6.07, 6.45) is 7.99. The van der Waals surface area contributed by atoms with Crippen LogP contribution in [0.2, 0.25) is 0 Å². The van der Waals surface area contributed by atoms with E-state index in [0.29, 0.717) is 0 Å². The Bertz CT molecular complexity index is 610. The number of pyridine rings is 1. The highest BCUT2D eigenvalue weighted by Gasteiger charge is 2.36.